The van der Waals surface area contributed by atoms with E-state index >= 15 is 0 Å². The van der Waals surface area contributed by atoms with Gasteiger partial charge in [0.05, 0.1) is 12.2 Å². The van der Waals surface area contributed by atoms with Crippen LogP contribution in [0.4, 0.5) is 11.4 Å². The van der Waals surface area contributed by atoms with E-state index in [0.29, 0.717) is 30.2 Å². The van der Waals surface area contributed by atoms with Crippen molar-refractivity contribution in [3.05, 3.63) is 53.6 Å². The van der Waals surface area contributed by atoms with E-state index in [1.165, 1.54) is 0 Å². The van der Waals surface area contributed by atoms with Crippen LogP contribution in [0.25, 0.3) is 0 Å². The van der Waals surface area contributed by atoms with Gasteiger partial charge >= 0.3 is 0 Å². The van der Waals surface area contributed by atoms with Gasteiger partial charge in [-0.2, -0.15) is 0 Å². The zero-order valence-electron chi connectivity index (χ0n) is 16.3. The van der Waals surface area contributed by atoms with Gasteiger partial charge in [-0.15, -0.1) is 0 Å². The molecule has 0 bridgehead atoms. The van der Waals surface area contributed by atoms with Crippen LogP contribution in [0.15, 0.2) is 42.5 Å². The van der Waals surface area contributed by atoms with Crippen molar-refractivity contribution in [2.45, 2.75) is 34.1 Å². The Hall–Kier alpha value is -2.82. The molecule has 5 nitrogen and oxygen atoms in total. The smallest absolute Gasteiger partial charge is 0.259 e. The molecular weight excluding hydrogens is 340 g/mol. The minimum atomic E-state index is -0.447. The summed E-state index contributed by atoms with van der Waals surface area (Å²) in [6.07, 6.45) is 0.832. The highest BCUT2D eigenvalue weighted by Crippen LogP contribution is 2.34. The minimum absolute atomic E-state index is 0.0893. The summed E-state index contributed by atoms with van der Waals surface area (Å²) in [6.45, 7) is 8.82. The number of fused-ring (bicyclic) bond motifs is 1. The van der Waals surface area contributed by atoms with E-state index in [2.05, 4.69) is 5.32 Å². The molecule has 142 valence electrons. The third kappa shape index (κ3) is 3.97. The highest BCUT2D eigenvalue weighted by molar-refractivity contribution is 6.07. The first-order chi connectivity index (χ1) is 12.8. The second-order valence-electron chi connectivity index (χ2n) is 7.68. The minimum Gasteiger partial charge on any atom is -0.493 e. The van der Waals surface area contributed by atoms with Crippen LogP contribution in [0.1, 0.15) is 43.6 Å². The number of carbonyl (C=O) groups excluding carboxylic acids is 2. The van der Waals surface area contributed by atoms with Crippen molar-refractivity contribution in [3.63, 3.8) is 0 Å². The maximum atomic E-state index is 12.7. The van der Waals surface area contributed by atoms with Crippen LogP contribution in [-0.4, -0.2) is 25.0 Å². The van der Waals surface area contributed by atoms with Crippen LogP contribution in [0.5, 0.6) is 5.75 Å². The number of hydrogen-bond donors (Lipinski definition) is 1. The van der Waals surface area contributed by atoms with Crippen LogP contribution in [0.2, 0.25) is 0 Å². The molecular formula is C22H26N2O3. The van der Waals surface area contributed by atoms with Gasteiger partial charge in [0.2, 0.25) is 5.91 Å². The van der Waals surface area contributed by atoms with Gasteiger partial charge in [0.15, 0.2) is 0 Å². The largest absolute Gasteiger partial charge is 0.493 e. The fraction of sp³-hybridized carbons (Fsp3) is 0.364. The van der Waals surface area contributed by atoms with Gasteiger partial charge in [0.25, 0.3) is 5.91 Å². The Morgan fingerprint density at radius 1 is 1.15 bits per heavy atom. The maximum absolute atomic E-state index is 12.7. The average Bonchev–Trinajstić information content (AvgIpc) is 3.04. The summed E-state index contributed by atoms with van der Waals surface area (Å²) in [5.41, 5.74) is 2.71. The highest BCUT2D eigenvalue weighted by atomic mass is 16.5. The van der Waals surface area contributed by atoms with Crippen molar-refractivity contribution in [2.24, 2.45) is 5.41 Å². The Morgan fingerprint density at radius 2 is 1.89 bits per heavy atom. The first kappa shape index (κ1) is 19.0. The molecule has 1 aliphatic rings. The van der Waals surface area contributed by atoms with Crippen LogP contribution >= 0.6 is 0 Å². The molecule has 2 amide bonds. The van der Waals surface area contributed by atoms with Crippen molar-refractivity contribution >= 4 is 23.2 Å². The van der Waals surface area contributed by atoms with Crippen molar-refractivity contribution < 1.29 is 14.3 Å². The highest BCUT2D eigenvalue weighted by Gasteiger charge is 2.32. The zero-order chi connectivity index (χ0) is 19.6. The molecule has 1 aliphatic heterocycles. The second kappa shape index (κ2) is 7.43. The molecule has 1 N–H and O–H groups in total. The molecule has 5 heteroatoms. The Bertz CT molecular complexity index is 868. The quantitative estimate of drug-likeness (QED) is 0.879. The van der Waals surface area contributed by atoms with E-state index < -0.39 is 5.41 Å². The molecule has 0 spiro atoms. The van der Waals surface area contributed by atoms with E-state index in [1.807, 2.05) is 62.9 Å². The Labute approximate surface area is 160 Å². The maximum Gasteiger partial charge on any atom is 0.259 e. The number of para-hydroxylation sites is 1. The summed E-state index contributed by atoms with van der Waals surface area (Å²) in [4.78, 5) is 27.3. The predicted octanol–water partition coefficient (Wildman–Crippen LogP) is 4.27. The van der Waals surface area contributed by atoms with Gasteiger partial charge < -0.3 is 15.0 Å². The summed E-state index contributed by atoms with van der Waals surface area (Å²) in [5.74, 6) is 0.417. The number of nitrogens with one attached hydrogen (secondary N) is 1. The molecule has 1 heterocycles. The molecule has 3 rings (SSSR count). The predicted molar refractivity (Wildman–Crippen MR) is 108 cm³/mol. The van der Waals surface area contributed by atoms with Gasteiger partial charge in [-0.1, -0.05) is 39.0 Å². The Kier molecular flexibility index (Phi) is 5.22. The van der Waals surface area contributed by atoms with E-state index in [-0.39, 0.29) is 11.8 Å². The number of hydrogen-bond acceptors (Lipinski definition) is 3. The monoisotopic (exact) mass is 366 g/mol. The number of anilines is 2. The van der Waals surface area contributed by atoms with Gasteiger partial charge in [0.1, 0.15) is 5.75 Å². The van der Waals surface area contributed by atoms with E-state index in [9.17, 15) is 9.59 Å². The van der Waals surface area contributed by atoms with Gasteiger partial charge in [-0.05, 0) is 43.2 Å². The standard InChI is InChI=1S/C22H26N2O3/c1-5-27-19-9-7-6-8-17(19)20(25)23-16-11-10-15-12-13-24(18(15)14-16)21(26)22(2,3)4/h6-11,14H,5,12-13H2,1-4H3,(H,23,25). The van der Waals surface area contributed by atoms with Gasteiger partial charge in [-0.25, -0.2) is 0 Å². The molecule has 2 aromatic carbocycles. The Balaban J connectivity index is 1.84. The lowest BCUT2D eigenvalue weighted by atomic mass is 9.94. The van der Waals surface area contributed by atoms with E-state index in [4.69, 9.17) is 4.74 Å². The first-order valence-electron chi connectivity index (χ1n) is 9.29. The number of benzene rings is 2. The summed E-state index contributed by atoms with van der Waals surface area (Å²) >= 11 is 0. The lowest BCUT2D eigenvalue weighted by Crippen LogP contribution is -2.38. The molecule has 0 aliphatic carbocycles. The van der Waals surface area contributed by atoms with Crippen molar-refractivity contribution in [1.29, 1.82) is 0 Å². The number of carbonyl (C=O) groups is 2. The second-order valence-corrected chi connectivity index (χ2v) is 7.68. The van der Waals surface area contributed by atoms with Gasteiger partial charge in [0, 0.05) is 23.3 Å². The molecule has 0 atom stereocenters. The number of ether oxygens (including phenoxy) is 1. The molecule has 0 saturated carbocycles. The summed E-state index contributed by atoms with van der Waals surface area (Å²) in [7, 11) is 0. The topological polar surface area (TPSA) is 58.6 Å². The average molecular weight is 366 g/mol. The van der Waals surface area contributed by atoms with Crippen molar-refractivity contribution in [3.8, 4) is 5.75 Å². The molecule has 0 saturated heterocycles. The molecule has 0 aromatic heterocycles. The summed E-state index contributed by atoms with van der Waals surface area (Å²) in [5, 5.41) is 2.93. The van der Waals surface area contributed by atoms with E-state index in [1.54, 1.807) is 12.1 Å². The molecule has 0 unspecified atom stereocenters. The Morgan fingerprint density at radius 3 is 2.59 bits per heavy atom. The molecule has 0 fully saturated rings. The lowest BCUT2D eigenvalue weighted by molar-refractivity contribution is -0.125. The summed E-state index contributed by atoms with van der Waals surface area (Å²) in [6, 6.07) is 12.9. The number of nitrogens with zero attached hydrogens (tertiary/aromatic N) is 1. The SMILES string of the molecule is CCOc1ccccc1C(=O)Nc1ccc2c(c1)N(C(=O)C(C)(C)C)CC2. The molecule has 27 heavy (non-hydrogen) atoms. The van der Waals surface area contributed by atoms with Crippen LogP contribution in [0.3, 0.4) is 0 Å². The van der Waals surface area contributed by atoms with Crippen LogP contribution in [-0.2, 0) is 11.2 Å². The zero-order valence-corrected chi connectivity index (χ0v) is 16.3. The lowest BCUT2D eigenvalue weighted by Gasteiger charge is -2.26. The van der Waals surface area contributed by atoms with Crippen LogP contribution < -0.4 is 15.0 Å². The summed E-state index contributed by atoms with van der Waals surface area (Å²) < 4.78 is 5.54. The van der Waals surface area contributed by atoms with Crippen LogP contribution in [0, 0.1) is 5.41 Å². The van der Waals surface area contributed by atoms with Crippen molar-refractivity contribution in [1.82, 2.24) is 0 Å². The number of amides is 2. The third-order valence-electron chi connectivity index (χ3n) is 4.56. The number of rotatable bonds is 4. The molecule has 0 radical (unpaired) electrons. The third-order valence-corrected chi connectivity index (χ3v) is 4.56. The van der Waals surface area contributed by atoms with Gasteiger partial charge in [-0.3, -0.25) is 9.59 Å². The van der Waals surface area contributed by atoms with E-state index in [0.717, 1.165) is 17.7 Å². The first-order valence-corrected chi connectivity index (χ1v) is 9.29. The fourth-order valence-electron chi connectivity index (χ4n) is 3.21. The molecule has 2 aromatic rings. The fourth-order valence-corrected chi connectivity index (χ4v) is 3.21. The van der Waals surface area contributed by atoms with Crippen molar-refractivity contribution in [2.75, 3.05) is 23.4 Å². The normalized spacial score (nSPS) is 13.3.